The highest BCUT2D eigenvalue weighted by molar-refractivity contribution is 7.93. The van der Waals surface area contributed by atoms with Crippen LogP contribution in [0, 0.1) is 0 Å². The Morgan fingerprint density at radius 2 is 2.35 bits per heavy atom. The second-order valence-electron chi connectivity index (χ2n) is 3.52. The third kappa shape index (κ3) is 3.45. The highest BCUT2D eigenvalue weighted by Crippen LogP contribution is 2.05. The first-order valence-corrected chi connectivity index (χ1v) is 6.94. The molecule has 1 atom stereocenters. The number of aromatic nitrogens is 3. The molecule has 1 rings (SSSR count). The maximum Gasteiger partial charge on any atom is 0.221 e. The lowest BCUT2D eigenvalue weighted by Crippen LogP contribution is -2.41. The molecule has 17 heavy (non-hydrogen) atoms. The van der Waals surface area contributed by atoms with E-state index in [1.807, 2.05) is 0 Å². The first-order chi connectivity index (χ1) is 7.88. The minimum absolute atomic E-state index is 0.0297. The van der Waals surface area contributed by atoms with Crippen LogP contribution in [0.1, 0.15) is 19.2 Å². The molecule has 0 fully saturated rings. The quantitative estimate of drug-likeness (QED) is 0.666. The third-order valence-electron chi connectivity index (χ3n) is 2.30. The number of rotatable bonds is 6. The van der Waals surface area contributed by atoms with Gasteiger partial charge < -0.3 is 10.3 Å². The summed E-state index contributed by atoms with van der Waals surface area (Å²) in [5.41, 5.74) is 5.39. The summed E-state index contributed by atoms with van der Waals surface area (Å²) in [6, 6.07) is 0. The van der Waals surface area contributed by atoms with Crippen LogP contribution in [0.3, 0.4) is 0 Å². The van der Waals surface area contributed by atoms with Gasteiger partial charge in [-0.05, 0) is 6.42 Å². The molecule has 0 saturated heterocycles. The van der Waals surface area contributed by atoms with Crippen LogP contribution in [0.5, 0.6) is 0 Å². The summed E-state index contributed by atoms with van der Waals surface area (Å²) >= 11 is 4.73. The van der Waals surface area contributed by atoms with Crippen molar-refractivity contribution in [3.8, 4) is 0 Å². The molecule has 96 valence electrons. The van der Waals surface area contributed by atoms with E-state index in [0.29, 0.717) is 12.2 Å². The number of nitrogens with one attached hydrogen (secondary N) is 1. The summed E-state index contributed by atoms with van der Waals surface area (Å²) in [6.45, 7) is 1.78. The van der Waals surface area contributed by atoms with E-state index in [1.165, 1.54) is 6.33 Å². The van der Waals surface area contributed by atoms with Crippen molar-refractivity contribution in [2.75, 3.05) is 0 Å². The average Bonchev–Trinajstić information content (AvgIpc) is 2.61. The Morgan fingerprint density at radius 1 is 1.71 bits per heavy atom. The Bertz CT molecular complexity index is 496. The zero-order valence-corrected chi connectivity index (χ0v) is 11.3. The summed E-state index contributed by atoms with van der Waals surface area (Å²) in [6.07, 6.45) is 1.83. The Labute approximate surface area is 105 Å². The number of sulfonamides is 1. The topological polar surface area (TPSA) is 103 Å². The molecular formula is C8H15N5O2S2. The normalized spacial score (nSPS) is 13.5. The molecule has 0 radical (unpaired) electrons. The van der Waals surface area contributed by atoms with E-state index < -0.39 is 15.3 Å². The minimum Gasteiger partial charge on any atom is -0.392 e. The van der Waals surface area contributed by atoms with Gasteiger partial charge in [0, 0.05) is 7.05 Å². The molecule has 0 amide bonds. The molecule has 0 saturated carbocycles. The summed E-state index contributed by atoms with van der Waals surface area (Å²) < 4.78 is 27.8. The summed E-state index contributed by atoms with van der Waals surface area (Å²) in [5.74, 6) is 0.520. The molecule has 0 bridgehead atoms. The van der Waals surface area contributed by atoms with Gasteiger partial charge in [-0.2, -0.15) is 0 Å². The van der Waals surface area contributed by atoms with E-state index in [-0.39, 0.29) is 11.5 Å². The van der Waals surface area contributed by atoms with E-state index in [4.69, 9.17) is 18.0 Å². The van der Waals surface area contributed by atoms with Crippen molar-refractivity contribution >= 4 is 27.2 Å². The van der Waals surface area contributed by atoms with Crippen molar-refractivity contribution in [2.45, 2.75) is 25.1 Å². The number of hydrogen-bond donors (Lipinski definition) is 2. The van der Waals surface area contributed by atoms with Gasteiger partial charge in [-0.1, -0.05) is 19.1 Å². The molecule has 0 spiro atoms. The van der Waals surface area contributed by atoms with Crippen LogP contribution in [0.15, 0.2) is 6.33 Å². The van der Waals surface area contributed by atoms with Gasteiger partial charge in [-0.15, -0.1) is 10.2 Å². The first-order valence-electron chi connectivity index (χ1n) is 4.99. The van der Waals surface area contributed by atoms with Crippen molar-refractivity contribution in [1.29, 1.82) is 0 Å². The van der Waals surface area contributed by atoms with Gasteiger partial charge in [0.1, 0.15) is 17.4 Å². The fourth-order valence-electron chi connectivity index (χ4n) is 1.31. The lowest BCUT2D eigenvalue weighted by Gasteiger charge is -2.14. The molecule has 0 aliphatic carbocycles. The van der Waals surface area contributed by atoms with Crippen LogP contribution in [0.25, 0.3) is 0 Å². The SMILES string of the molecule is CCC(C(N)=S)S(=O)(=O)NCc1nncn1C. The Kier molecular flexibility index (Phi) is 4.54. The first kappa shape index (κ1) is 14.0. The van der Waals surface area contributed by atoms with Gasteiger partial charge in [0.2, 0.25) is 10.0 Å². The second-order valence-corrected chi connectivity index (χ2v) is 5.94. The van der Waals surface area contributed by atoms with Crippen LogP contribution in [0.4, 0.5) is 0 Å². The highest BCUT2D eigenvalue weighted by Gasteiger charge is 2.26. The van der Waals surface area contributed by atoms with Crippen LogP contribution in [-0.4, -0.2) is 33.4 Å². The van der Waals surface area contributed by atoms with E-state index in [9.17, 15) is 8.42 Å². The zero-order chi connectivity index (χ0) is 13.1. The van der Waals surface area contributed by atoms with Crippen molar-refractivity contribution in [1.82, 2.24) is 19.5 Å². The van der Waals surface area contributed by atoms with Crippen LogP contribution in [-0.2, 0) is 23.6 Å². The maximum absolute atomic E-state index is 11.9. The van der Waals surface area contributed by atoms with Gasteiger partial charge in [-0.25, -0.2) is 13.1 Å². The highest BCUT2D eigenvalue weighted by atomic mass is 32.2. The number of aryl methyl sites for hydroxylation is 1. The van der Waals surface area contributed by atoms with Gasteiger partial charge in [0.25, 0.3) is 0 Å². The molecule has 1 unspecified atom stereocenters. The van der Waals surface area contributed by atoms with Gasteiger partial charge in [0.05, 0.1) is 11.5 Å². The van der Waals surface area contributed by atoms with Crippen LogP contribution < -0.4 is 10.5 Å². The van der Waals surface area contributed by atoms with E-state index in [0.717, 1.165) is 0 Å². The lowest BCUT2D eigenvalue weighted by atomic mass is 10.3. The molecule has 9 heteroatoms. The van der Waals surface area contributed by atoms with Crippen molar-refractivity contribution in [2.24, 2.45) is 12.8 Å². The van der Waals surface area contributed by atoms with E-state index >= 15 is 0 Å². The maximum atomic E-state index is 11.9. The molecular weight excluding hydrogens is 262 g/mol. The molecule has 1 aromatic rings. The molecule has 0 aromatic carbocycles. The molecule has 0 aliphatic heterocycles. The minimum atomic E-state index is -3.56. The molecule has 1 aromatic heterocycles. The molecule has 3 N–H and O–H groups in total. The predicted octanol–water partition coefficient (Wildman–Crippen LogP) is -0.701. The predicted molar refractivity (Wildman–Crippen MR) is 67.6 cm³/mol. The molecule has 0 aliphatic rings. The summed E-state index contributed by atoms with van der Waals surface area (Å²) in [5, 5.41) is 6.57. The smallest absolute Gasteiger partial charge is 0.221 e. The summed E-state index contributed by atoms with van der Waals surface area (Å²) in [4.78, 5) is -0.0297. The summed E-state index contributed by atoms with van der Waals surface area (Å²) in [7, 11) is -1.83. The standard InChI is InChI=1S/C8H15N5O2S2/c1-3-6(8(9)16)17(14,15)11-4-7-12-10-5-13(7)2/h5-6,11H,3-4H2,1-2H3,(H2,9,16). The van der Waals surface area contributed by atoms with Crippen LogP contribution >= 0.6 is 12.2 Å². The fourth-order valence-corrected chi connectivity index (χ4v) is 3.13. The Hall–Kier alpha value is -1.06. The molecule has 1 heterocycles. The van der Waals surface area contributed by atoms with E-state index in [1.54, 1.807) is 18.5 Å². The lowest BCUT2D eigenvalue weighted by molar-refractivity contribution is 0.570. The van der Waals surface area contributed by atoms with E-state index in [2.05, 4.69) is 14.9 Å². The largest absolute Gasteiger partial charge is 0.392 e. The third-order valence-corrected chi connectivity index (χ3v) is 4.62. The Balaban J connectivity index is 2.74. The van der Waals surface area contributed by atoms with Crippen molar-refractivity contribution in [3.05, 3.63) is 12.2 Å². The fraction of sp³-hybridized carbons (Fsp3) is 0.625. The van der Waals surface area contributed by atoms with Gasteiger partial charge in [-0.3, -0.25) is 0 Å². The monoisotopic (exact) mass is 277 g/mol. The number of nitrogens with zero attached hydrogens (tertiary/aromatic N) is 3. The zero-order valence-electron chi connectivity index (χ0n) is 9.62. The van der Waals surface area contributed by atoms with Crippen LogP contribution in [0.2, 0.25) is 0 Å². The number of nitrogens with two attached hydrogens (primary N) is 1. The van der Waals surface area contributed by atoms with Gasteiger partial charge in [0.15, 0.2) is 0 Å². The number of thiocarbonyl (C=S) groups is 1. The second kappa shape index (κ2) is 5.52. The van der Waals surface area contributed by atoms with Crippen molar-refractivity contribution in [3.63, 3.8) is 0 Å². The van der Waals surface area contributed by atoms with Gasteiger partial charge >= 0.3 is 0 Å². The molecule has 7 nitrogen and oxygen atoms in total. The Morgan fingerprint density at radius 3 is 2.76 bits per heavy atom. The van der Waals surface area contributed by atoms with Crippen molar-refractivity contribution < 1.29 is 8.42 Å². The number of hydrogen-bond acceptors (Lipinski definition) is 5. The average molecular weight is 277 g/mol.